The molecular weight excluding hydrogens is 392 g/mol. The minimum Gasteiger partial charge on any atom is -0.383 e. The third-order valence-corrected chi connectivity index (χ3v) is 5.56. The minimum absolute atomic E-state index is 0.309. The summed E-state index contributed by atoms with van der Waals surface area (Å²) in [5.41, 5.74) is 8.68. The molecule has 0 unspecified atom stereocenters. The number of aromatic amines is 1. The molecule has 3 heterocycles. The highest BCUT2D eigenvalue weighted by Crippen LogP contribution is 2.47. The average Bonchev–Trinajstić information content (AvgIpc) is 3.13. The Hall–Kier alpha value is -3.56. The van der Waals surface area contributed by atoms with Crippen molar-refractivity contribution in [1.82, 2.24) is 30.3 Å². The Morgan fingerprint density at radius 2 is 2.13 bits per heavy atom. The van der Waals surface area contributed by atoms with E-state index in [1.807, 2.05) is 24.3 Å². The largest absolute Gasteiger partial charge is 0.383 e. The Balaban J connectivity index is 1.49. The highest BCUT2D eigenvalue weighted by Gasteiger charge is 2.50. The molecule has 0 aliphatic heterocycles. The van der Waals surface area contributed by atoms with Crippen molar-refractivity contribution in [3.63, 3.8) is 0 Å². The van der Waals surface area contributed by atoms with E-state index in [9.17, 15) is 13.6 Å². The molecule has 1 aromatic carbocycles. The molecule has 0 bridgehead atoms. The van der Waals surface area contributed by atoms with Crippen molar-refractivity contribution in [1.29, 1.82) is 0 Å². The summed E-state index contributed by atoms with van der Waals surface area (Å²) in [6, 6.07) is 7.66. The Bertz CT molecular complexity index is 1250. The van der Waals surface area contributed by atoms with Crippen molar-refractivity contribution in [2.75, 3.05) is 12.3 Å². The maximum absolute atomic E-state index is 12.4. The zero-order valence-corrected chi connectivity index (χ0v) is 15.9. The van der Waals surface area contributed by atoms with Crippen molar-refractivity contribution in [2.45, 2.75) is 25.8 Å². The van der Waals surface area contributed by atoms with Crippen LogP contribution in [0.4, 0.5) is 14.6 Å². The molecule has 0 saturated heterocycles. The maximum Gasteiger partial charge on any atom is 0.255 e. The number of benzene rings is 1. The van der Waals surface area contributed by atoms with Crippen LogP contribution in [0.5, 0.6) is 0 Å². The molecule has 1 amide bonds. The second-order valence-corrected chi connectivity index (χ2v) is 7.67. The smallest absolute Gasteiger partial charge is 0.255 e. The number of halogens is 2. The Kier molecular flexibility index (Phi) is 4.16. The lowest BCUT2D eigenvalue weighted by Gasteiger charge is -2.15. The van der Waals surface area contributed by atoms with Gasteiger partial charge in [0.25, 0.3) is 6.43 Å². The van der Waals surface area contributed by atoms with E-state index in [0.717, 1.165) is 16.6 Å². The molecule has 0 atom stereocenters. The number of carbonyl (C=O) groups is 1. The molecule has 1 saturated carbocycles. The number of pyridine rings is 1. The number of nitrogens with zero attached hydrogens (tertiary/aromatic N) is 4. The Labute approximate surface area is 169 Å². The van der Waals surface area contributed by atoms with Gasteiger partial charge in [-0.15, -0.1) is 0 Å². The van der Waals surface area contributed by atoms with Crippen LogP contribution in [-0.4, -0.2) is 43.8 Å². The second kappa shape index (κ2) is 6.75. The summed E-state index contributed by atoms with van der Waals surface area (Å²) >= 11 is 0. The molecular formula is C20H19F2N7O. The third kappa shape index (κ3) is 3.14. The first-order chi connectivity index (χ1) is 14.4. The van der Waals surface area contributed by atoms with Gasteiger partial charge < -0.3 is 11.1 Å². The zero-order chi connectivity index (χ0) is 20.9. The Morgan fingerprint density at radius 3 is 2.83 bits per heavy atom. The number of alkyl halides is 2. The number of aromatic nitrogens is 5. The number of hydrogen-bond donors (Lipinski definition) is 3. The summed E-state index contributed by atoms with van der Waals surface area (Å²) in [4.78, 5) is 16.9. The zero-order valence-electron chi connectivity index (χ0n) is 15.9. The van der Waals surface area contributed by atoms with Gasteiger partial charge in [-0.2, -0.15) is 10.2 Å². The van der Waals surface area contributed by atoms with Crippen molar-refractivity contribution in [2.24, 2.45) is 5.41 Å². The summed E-state index contributed by atoms with van der Waals surface area (Å²) in [6.07, 6.45) is 2.15. The quantitative estimate of drug-likeness (QED) is 0.451. The predicted octanol–water partition coefficient (Wildman–Crippen LogP) is 2.72. The Morgan fingerprint density at radius 1 is 1.30 bits per heavy atom. The fourth-order valence-corrected chi connectivity index (χ4v) is 3.76. The first-order valence-electron chi connectivity index (χ1n) is 9.58. The molecule has 0 radical (unpaired) electrons. The number of nitrogen functional groups attached to an aromatic ring is 1. The average molecular weight is 411 g/mol. The van der Waals surface area contributed by atoms with Gasteiger partial charge >= 0.3 is 0 Å². The van der Waals surface area contributed by atoms with Crippen LogP contribution in [0.3, 0.4) is 0 Å². The van der Waals surface area contributed by atoms with Gasteiger partial charge in [0.15, 0.2) is 0 Å². The first-order valence-corrected chi connectivity index (χ1v) is 9.58. The van der Waals surface area contributed by atoms with Crippen LogP contribution in [0.1, 0.15) is 12.8 Å². The third-order valence-electron chi connectivity index (χ3n) is 5.56. The van der Waals surface area contributed by atoms with Gasteiger partial charge in [-0.05, 0) is 31.0 Å². The van der Waals surface area contributed by atoms with E-state index < -0.39 is 18.4 Å². The molecule has 1 fully saturated rings. The number of rotatable bonds is 6. The maximum atomic E-state index is 12.4. The standard InChI is InChI=1S/C20H19F2N7O/c21-16(22)8-24-19(30)20(4-5-20)10-29-9-13-17(28-29)12-2-1-11(14-3-6-25-27-14)7-15(12)26-18(13)23/h1-3,6-7,9,16H,4-5,8,10H2,(H2,23,26)(H,24,30)(H,25,27). The number of hydrogen-bond acceptors (Lipinski definition) is 5. The highest BCUT2D eigenvalue weighted by molar-refractivity contribution is 6.08. The van der Waals surface area contributed by atoms with Crippen LogP contribution < -0.4 is 11.1 Å². The van der Waals surface area contributed by atoms with Crippen LogP contribution in [0.15, 0.2) is 36.7 Å². The summed E-state index contributed by atoms with van der Waals surface area (Å²) in [5, 5.41) is 15.4. The number of nitrogens with two attached hydrogens (primary N) is 1. The van der Waals surface area contributed by atoms with Crippen molar-refractivity contribution in [3.05, 3.63) is 36.7 Å². The van der Waals surface area contributed by atoms with Gasteiger partial charge in [0.05, 0.1) is 35.1 Å². The van der Waals surface area contributed by atoms with Gasteiger partial charge in [0.2, 0.25) is 5.91 Å². The molecule has 5 rings (SSSR count). The van der Waals surface area contributed by atoms with E-state index in [1.165, 1.54) is 0 Å². The van der Waals surface area contributed by atoms with Crippen molar-refractivity contribution >= 4 is 33.5 Å². The number of nitrogens with one attached hydrogen (secondary N) is 2. The molecule has 0 spiro atoms. The fourth-order valence-electron chi connectivity index (χ4n) is 3.76. The molecule has 1 aliphatic carbocycles. The van der Waals surface area contributed by atoms with Crippen LogP contribution in [0.25, 0.3) is 33.1 Å². The van der Waals surface area contributed by atoms with Crippen LogP contribution in [0.2, 0.25) is 0 Å². The van der Waals surface area contributed by atoms with E-state index in [2.05, 4.69) is 25.6 Å². The number of H-pyrrole nitrogens is 1. The fraction of sp³-hybridized carbons (Fsp3) is 0.300. The molecule has 3 aromatic heterocycles. The summed E-state index contributed by atoms with van der Waals surface area (Å²) in [7, 11) is 0. The summed E-state index contributed by atoms with van der Waals surface area (Å²) in [5.74, 6) is -0.0139. The van der Waals surface area contributed by atoms with Crippen LogP contribution in [0, 0.1) is 5.41 Å². The summed E-state index contributed by atoms with van der Waals surface area (Å²) < 4.78 is 26.5. The SMILES string of the molecule is Nc1nc2cc(-c3ccn[nH]3)ccc2c2nn(CC3(C(=O)NCC(F)F)CC3)cc12. The van der Waals surface area contributed by atoms with Crippen molar-refractivity contribution in [3.8, 4) is 11.3 Å². The molecule has 4 aromatic rings. The molecule has 30 heavy (non-hydrogen) atoms. The number of anilines is 1. The molecule has 10 heteroatoms. The van der Waals surface area contributed by atoms with Gasteiger partial charge in [0.1, 0.15) is 11.3 Å². The normalized spacial score (nSPS) is 15.2. The molecule has 8 nitrogen and oxygen atoms in total. The number of amides is 1. The van der Waals surface area contributed by atoms with Gasteiger partial charge in [-0.3, -0.25) is 14.6 Å². The number of carbonyl (C=O) groups excluding carboxylic acids is 1. The van der Waals surface area contributed by atoms with E-state index in [1.54, 1.807) is 17.1 Å². The monoisotopic (exact) mass is 411 g/mol. The molecule has 4 N–H and O–H groups in total. The van der Waals surface area contributed by atoms with E-state index in [-0.39, 0.29) is 5.91 Å². The summed E-state index contributed by atoms with van der Waals surface area (Å²) in [6.45, 7) is -0.328. The van der Waals surface area contributed by atoms with Crippen LogP contribution in [-0.2, 0) is 11.3 Å². The second-order valence-electron chi connectivity index (χ2n) is 7.67. The lowest BCUT2D eigenvalue weighted by atomic mass is 10.1. The van der Waals surface area contributed by atoms with Gasteiger partial charge in [-0.25, -0.2) is 13.8 Å². The van der Waals surface area contributed by atoms with Gasteiger partial charge in [0, 0.05) is 23.3 Å². The predicted molar refractivity (Wildman–Crippen MR) is 108 cm³/mol. The molecule has 1 aliphatic rings. The lowest BCUT2D eigenvalue weighted by Crippen LogP contribution is -2.37. The van der Waals surface area contributed by atoms with Crippen LogP contribution >= 0.6 is 0 Å². The number of fused-ring (bicyclic) bond motifs is 3. The van der Waals surface area contributed by atoms with E-state index >= 15 is 0 Å². The van der Waals surface area contributed by atoms with E-state index in [0.29, 0.717) is 41.6 Å². The topological polar surface area (TPSA) is 115 Å². The van der Waals surface area contributed by atoms with Crippen molar-refractivity contribution < 1.29 is 13.6 Å². The first kappa shape index (κ1) is 18.5. The minimum atomic E-state index is -2.57. The molecule has 154 valence electrons. The van der Waals surface area contributed by atoms with Gasteiger partial charge in [-0.1, -0.05) is 6.07 Å². The lowest BCUT2D eigenvalue weighted by molar-refractivity contribution is -0.127. The van der Waals surface area contributed by atoms with E-state index in [4.69, 9.17) is 5.73 Å². The highest BCUT2D eigenvalue weighted by atomic mass is 19.3.